The van der Waals surface area contributed by atoms with Crippen LogP contribution < -0.4 is 5.32 Å². The van der Waals surface area contributed by atoms with E-state index in [9.17, 15) is 9.90 Å². The van der Waals surface area contributed by atoms with Gasteiger partial charge >= 0.3 is 0 Å². The maximum atomic E-state index is 12.6. The standard InChI is InChI=1S/C21H24N2O2/c24-14-13-23(16-17-5-2-1-3-6-17)21(25)10-9-18-7-4-8-19-15-22-12-11-20(18)19/h1-10,22,24H,11-16H2/b10-9+. The number of aliphatic hydroxyl groups is 1. The molecule has 3 rings (SSSR count). The van der Waals surface area contributed by atoms with Crippen LogP contribution in [0.1, 0.15) is 22.3 Å². The average Bonchev–Trinajstić information content (AvgIpc) is 2.66. The summed E-state index contributed by atoms with van der Waals surface area (Å²) in [5, 5.41) is 12.7. The van der Waals surface area contributed by atoms with E-state index in [0.717, 1.165) is 30.6 Å². The van der Waals surface area contributed by atoms with Crippen molar-refractivity contribution >= 4 is 12.0 Å². The molecule has 0 spiro atoms. The summed E-state index contributed by atoms with van der Waals surface area (Å²) in [6.07, 6.45) is 4.51. The van der Waals surface area contributed by atoms with Gasteiger partial charge in [0.1, 0.15) is 0 Å². The lowest BCUT2D eigenvalue weighted by atomic mass is 9.95. The molecule has 1 heterocycles. The van der Waals surface area contributed by atoms with Crippen molar-refractivity contribution in [3.63, 3.8) is 0 Å². The van der Waals surface area contributed by atoms with Gasteiger partial charge in [0, 0.05) is 25.7 Å². The third-order valence-corrected chi connectivity index (χ3v) is 4.48. The van der Waals surface area contributed by atoms with E-state index in [1.807, 2.05) is 42.5 Å². The summed E-state index contributed by atoms with van der Waals surface area (Å²) in [6.45, 7) is 2.64. The minimum Gasteiger partial charge on any atom is -0.395 e. The molecule has 1 aliphatic rings. The van der Waals surface area contributed by atoms with Crippen LogP contribution in [0.5, 0.6) is 0 Å². The summed E-state index contributed by atoms with van der Waals surface area (Å²) in [6, 6.07) is 16.1. The summed E-state index contributed by atoms with van der Waals surface area (Å²) in [7, 11) is 0. The van der Waals surface area contributed by atoms with Crippen molar-refractivity contribution in [3.8, 4) is 0 Å². The smallest absolute Gasteiger partial charge is 0.246 e. The fourth-order valence-corrected chi connectivity index (χ4v) is 3.18. The zero-order chi connectivity index (χ0) is 17.5. The summed E-state index contributed by atoms with van der Waals surface area (Å²) in [4.78, 5) is 14.3. The van der Waals surface area contributed by atoms with E-state index in [1.165, 1.54) is 11.1 Å². The van der Waals surface area contributed by atoms with Crippen LogP contribution in [-0.4, -0.2) is 35.6 Å². The number of fused-ring (bicyclic) bond motifs is 1. The third-order valence-electron chi connectivity index (χ3n) is 4.48. The monoisotopic (exact) mass is 336 g/mol. The van der Waals surface area contributed by atoms with Crippen LogP contribution >= 0.6 is 0 Å². The maximum Gasteiger partial charge on any atom is 0.246 e. The molecule has 0 radical (unpaired) electrons. The van der Waals surface area contributed by atoms with E-state index in [1.54, 1.807) is 11.0 Å². The molecule has 0 aliphatic carbocycles. The Bertz CT molecular complexity index is 741. The second-order valence-electron chi connectivity index (χ2n) is 6.21. The highest BCUT2D eigenvalue weighted by Crippen LogP contribution is 2.20. The van der Waals surface area contributed by atoms with Crippen molar-refractivity contribution in [1.82, 2.24) is 10.2 Å². The Hall–Kier alpha value is -2.43. The van der Waals surface area contributed by atoms with Crippen LogP contribution in [0.2, 0.25) is 0 Å². The molecule has 0 atom stereocenters. The molecule has 0 saturated heterocycles. The first-order chi connectivity index (χ1) is 12.3. The van der Waals surface area contributed by atoms with Crippen LogP contribution in [-0.2, 0) is 24.3 Å². The van der Waals surface area contributed by atoms with Crippen molar-refractivity contribution in [1.29, 1.82) is 0 Å². The quantitative estimate of drug-likeness (QED) is 0.796. The molecule has 4 heteroatoms. The van der Waals surface area contributed by atoms with Gasteiger partial charge in [0.05, 0.1) is 6.61 Å². The Balaban J connectivity index is 1.74. The average molecular weight is 336 g/mol. The van der Waals surface area contributed by atoms with Gasteiger partial charge in [-0.25, -0.2) is 0 Å². The first-order valence-corrected chi connectivity index (χ1v) is 8.71. The Morgan fingerprint density at radius 2 is 2.00 bits per heavy atom. The molecule has 2 N–H and O–H groups in total. The molecule has 0 aromatic heterocycles. The Morgan fingerprint density at radius 1 is 1.16 bits per heavy atom. The highest BCUT2D eigenvalue weighted by Gasteiger charge is 2.13. The number of hydrogen-bond acceptors (Lipinski definition) is 3. The maximum absolute atomic E-state index is 12.6. The first kappa shape index (κ1) is 17.4. The van der Waals surface area contributed by atoms with Crippen LogP contribution in [0.3, 0.4) is 0 Å². The van der Waals surface area contributed by atoms with Gasteiger partial charge in [0.25, 0.3) is 0 Å². The molecule has 1 amide bonds. The number of amides is 1. The third kappa shape index (κ3) is 4.56. The van der Waals surface area contributed by atoms with Crippen LogP contribution in [0, 0.1) is 0 Å². The molecule has 130 valence electrons. The Morgan fingerprint density at radius 3 is 2.80 bits per heavy atom. The minimum absolute atomic E-state index is 0.0428. The highest BCUT2D eigenvalue weighted by molar-refractivity contribution is 5.92. The number of benzene rings is 2. The molecule has 0 unspecified atom stereocenters. The van der Waals surface area contributed by atoms with Gasteiger partial charge in [-0.15, -0.1) is 0 Å². The summed E-state index contributed by atoms with van der Waals surface area (Å²) >= 11 is 0. The van der Waals surface area contributed by atoms with Crippen molar-refractivity contribution in [2.45, 2.75) is 19.5 Å². The van der Waals surface area contributed by atoms with Crippen molar-refractivity contribution in [2.24, 2.45) is 0 Å². The molecule has 2 aromatic carbocycles. The number of nitrogens with one attached hydrogen (secondary N) is 1. The lowest BCUT2D eigenvalue weighted by Crippen LogP contribution is -2.31. The second kappa shape index (κ2) is 8.60. The molecule has 0 saturated carbocycles. The Kier molecular flexibility index (Phi) is 5.99. The van der Waals surface area contributed by atoms with Crippen LogP contribution in [0.25, 0.3) is 6.08 Å². The number of nitrogens with zero attached hydrogens (tertiary/aromatic N) is 1. The lowest BCUT2D eigenvalue weighted by molar-refractivity contribution is -0.127. The largest absolute Gasteiger partial charge is 0.395 e. The highest BCUT2D eigenvalue weighted by atomic mass is 16.3. The molecular weight excluding hydrogens is 312 g/mol. The van der Waals surface area contributed by atoms with E-state index in [4.69, 9.17) is 0 Å². The van der Waals surface area contributed by atoms with Crippen molar-refractivity contribution in [3.05, 3.63) is 76.9 Å². The second-order valence-corrected chi connectivity index (χ2v) is 6.21. The normalized spacial score (nSPS) is 13.6. The van der Waals surface area contributed by atoms with E-state index < -0.39 is 0 Å². The van der Waals surface area contributed by atoms with Gasteiger partial charge in [-0.3, -0.25) is 4.79 Å². The zero-order valence-corrected chi connectivity index (χ0v) is 14.3. The molecule has 1 aliphatic heterocycles. The Labute approximate surface area is 148 Å². The predicted molar refractivity (Wildman–Crippen MR) is 99.8 cm³/mol. The summed E-state index contributed by atoms with van der Waals surface area (Å²) in [5.41, 5.74) is 4.79. The fourth-order valence-electron chi connectivity index (χ4n) is 3.18. The molecule has 4 nitrogen and oxygen atoms in total. The molecular formula is C21H24N2O2. The van der Waals surface area contributed by atoms with Gasteiger partial charge in [-0.2, -0.15) is 0 Å². The molecule has 0 bridgehead atoms. The molecule has 2 aromatic rings. The number of hydrogen-bond donors (Lipinski definition) is 2. The number of rotatable bonds is 6. The zero-order valence-electron chi connectivity index (χ0n) is 14.3. The lowest BCUT2D eigenvalue weighted by Gasteiger charge is -2.21. The number of carbonyl (C=O) groups is 1. The van der Waals surface area contributed by atoms with Gasteiger partial charge in [-0.05, 0) is 41.3 Å². The van der Waals surface area contributed by atoms with E-state index in [0.29, 0.717) is 13.1 Å². The van der Waals surface area contributed by atoms with E-state index in [2.05, 4.69) is 17.4 Å². The van der Waals surface area contributed by atoms with E-state index in [-0.39, 0.29) is 12.5 Å². The van der Waals surface area contributed by atoms with Gasteiger partial charge in [0.2, 0.25) is 5.91 Å². The number of aliphatic hydroxyl groups excluding tert-OH is 1. The SMILES string of the molecule is O=C(/C=C/c1cccc2c1CCNC2)N(CCO)Cc1ccccc1. The van der Waals surface area contributed by atoms with Gasteiger partial charge in [0.15, 0.2) is 0 Å². The van der Waals surface area contributed by atoms with Crippen LogP contribution in [0.4, 0.5) is 0 Å². The van der Waals surface area contributed by atoms with Gasteiger partial charge in [-0.1, -0.05) is 48.5 Å². The predicted octanol–water partition coefficient (Wildman–Crippen LogP) is 2.37. The fraction of sp³-hybridized carbons (Fsp3) is 0.286. The van der Waals surface area contributed by atoms with Crippen molar-refractivity contribution in [2.75, 3.05) is 19.7 Å². The topological polar surface area (TPSA) is 52.6 Å². The summed E-state index contributed by atoms with van der Waals surface area (Å²) < 4.78 is 0. The summed E-state index contributed by atoms with van der Waals surface area (Å²) in [5.74, 6) is -0.0792. The van der Waals surface area contributed by atoms with E-state index >= 15 is 0 Å². The van der Waals surface area contributed by atoms with Crippen LogP contribution in [0.15, 0.2) is 54.6 Å². The van der Waals surface area contributed by atoms with Crippen molar-refractivity contribution < 1.29 is 9.90 Å². The first-order valence-electron chi connectivity index (χ1n) is 8.71. The van der Waals surface area contributed by atoms with Gasteiger partial charge < -0.3 is 15.3 Å². The molecule has 0 fully saturated rings. The minimum atomic E-state index is -0.0792. The molecule has 25 heavy (non-hydrogen) atoms. The number of carbonyl (C=O) groups excluding carboxylic acids is 1.